The molecule has 0 bridgehead atoms. The SMILES string of the molecule is CCCNCCCS(=O)(=O)NCc1ccc(C)o1. The van der Waals surface area contributed by atoms with Crippen molar-refractivity contribution in [3.05, 3.63) is 23.7 Å². The molecule has 0 aliphatic heterocycles. The van der Waals surface area contributed by atoms with Crippen LogP contribution >= 0.6 is 0 Å². The molecule has 0 amide bonds. The van der Waals surface area contributed by atoms with E-state index in [-0.39, 0.29) is 12.3 Å². The number of hydrogen-bond donors (Lipinski definition) is 2. The largest absolute Gasteiger partial charge is 0.465 e. The summed E-state index contributed by atoms with van der Waals surface area (Å²) in [6, 6.07) is 3.60. The first-order valence-corrected chi connectivity index (χ1v) is 7.92. The average molecular weight is 274 g/mol. The van der Waals surface area contributed by atoms with Crippen LogP contribution in [0, 0.1) is 6.92 Å². The van der Waals surface area contributed by atoms with E-state index in [2.05, 4.69) is 17.0 Å². The maximum Gasteiger partial charge on any atom is 0.212 e. The van der Waals surface area contributed by atoms with E-state index in [0.717, 1.165) is 25.3 Å². The van der Waals surface area contributed by atoms with Gasteiger partial charge in [0.1, 0.15) is 11.5 Å². The second kappa shape index (κ2) is 7.56. The molecule has 18 heavy (non-hydrogen) atoms. The molecule has 0 saturated heterocycles. The highest BCUT2D eigenvalue weighted by Gasteiger charge is 2.10. The molecule has 1 heterocycles. The molecule has 5 nitrogen and oxygen atoms in total. The molecule has 1 rings (SSSR count). The van der Waals surface area contributed by atoms with E-state index in [1.807, 2.05) is 13.0 Å². The number of aryl methyl sites for hydroxylation is 1. The number of hydrogen-bond acceptors (Lipinski definition) is 4. The lowest BCUT2D eigenvalue weighted by atomic mass is 10.4. The molecule has 0 radical (unpaired) electrons. The van der Waals surface area contributed by atoms with Crippen LogP contribution in [-0.4, -0.2) is 27.3 Å². The Hall–Kier alpha value is -0.850. The van der Waals surface area contributed by atoms with Gasteiger partial charge in [-0.05, 0) is 45.0 Å². The summed E-state index contributed by atoms with van der Waals surface area (Å²) < 4.78 is 31.2. The molecule has 0 aromatic carbocycles. The van der Waals surface area contributed by atoms with E-state index in [4.69, 9.17) is 4.42 Å². The third kappa shape index (κ3) is 6.18. The summed E-state index contributed by atoms with van der Waals surface area (Å²) in [6.07, 6.45) is 1.68. The van der Waals surface area contributed by atoms with Crippen molar-refractivity contribution in [3.63, 3.8) is 0 Å². The van der Waals surface area contributed by atoms with Crippen molar-refractivity contribution in [3.8, 4) is 0 Å². The molecule has 0 atom stereocenters. The zero-order chi connectivity index (χ0) is 13.4. The van der Waals surface area contributed by atoms with Gasteiger partial charge in [-0.3, -0.25) is 0 Å². The molecular formula is C12H22N2O3S. The Kier molecular flexibility index (Phi) is 6.38. The lowest BCUT2D eigenvalue weighted by Gasteiger charge is -2.06. The molecule has 0 unspecified atom stereocenters. The Morgan fingerprint density at radius 2 is 2.06 bits per heavy atom. The van der Waals surface area contributed by atoms with Gasteiger partial charge in [0, 0.05) is 0 Å². The molecule has 1 aromatic heterocycles. The van der Waals surface area contributed by atoms with Crippen LogP contribution in [0.4, 0.5) is 0 Å². The van der Waals surface area contributed by atoms with E-state index in [9.17, 15) is 8.42 Å². The zero-order valence-electron chi connectivity index (χ0n) is 11.0. The summed E-state index contributed by atoms with van der Waals surface area (Å²) in [7, 11) is -3.21. The molecule has 0 fully saturated rings. The van der Waals surface area contributed by atoms with Crippen molar-refractivity contribution in [2.75, 3.05) is 18.8 Å². The minimum absolute atomic E-state index is 0.142. The van der Waals surface area contributed by atoms with Crippen molar-refractivity contribution >= 4 is 10.0 Å². The first kappa shape index (κ1) is 15.2. The minimum atomic E-state index is -3.21. The predicted molar refractivity (Wildman–Crippen MR) is 71.8 cm³/mol. The Morgan fingerprint density at radius 3 is 2.67 bits per heavy atom. The van der Waals surface area contributed by atoms with Gasteiger partial charge in [0.2, 0.25) is 10.0 Å². The molecule has 0 saturated carbocycles. The molecule has 1 aromatic rings. The van der Waals surface area contributed by atoms with Gasteiger partial charge in [-0.25, -0.2) is 13.1 Å². The van der Waals surface area contributed by atoms with Crippen molar-refractivity contribution in [2.24, 2.45) is 0 Å². The van der Waals surface area contributed by atoms with Crippen molar-refractivity contribution < 1.29 is 12.8 Å². The Labute approximate surface area is 109 Å². The minimum Gasteiger partial charge on any atom is -0.465 e. The monoisotopic (exact) mass is 274 g/mol. The van der Waals surface area contributed by atoms with Gasteiger partial charge in [0.25, 0.3) is 0 Å². The van der Waals surface area contributed by atoms with Crippen LogP contribution in [0.25, 0.3) is 0 Å². The highest BCUT2D eigenvalue weighted by atomic mass is 32.2. The van der Waals surface area contributed by atoms with Crippen LogP contribution < -0.4 is 10.0 Å². The number of furan rings is 1. The highest BCUT2D eigenvalue weighted by molar-refractivity contribution is 7.89. The predicted octanol–water partition coefficient (Wildman–Crippen LogP) is 1.40. The summed E-state index contributed by atoms with van der Waals surface area (Å²) in [5.41, 5.74) is 0. The Morgan fingerprint density at radius 1 is 1.28 bits per heavy atom. The van der Waals surface area contributed by atoms with Gasteiger partial charge in [-0.1, -0.05) is 6.92 Å². The van der Waals surface area contributed by atoms with E-state index in [0.29, 0.717) is 12.2 Å². The van der Waals surface area contributed by atoms with Crippen LogP contribution in [0.3, 0.4) is 0 Å². The van der Waals surface area contributed by atoms with E-state index < -0.39 is 10.0 Å². The van der Waals surface area contributed by atoms with Crippen LogP contribution in [-0.2, 0) is 16.6 Å². The fourth-order valence-corrected chi connectivity index (χ4v) is 2.55. The normalized spacial score (nSPS) is 11.9. The molecule has 0 spiro atoms. The number of sulfonamides is 1. The fraction of sp³-hybridized carbons (Fsp3) is 0.667. The standard InChI is InChI=1S/C12H22N2O3S/c1-3-7-13-8-4-9-18(15,16)14-10-12-6-5-11(2)17-12/h5-6,13-14H,3-4,7-10H2,1-2H3. The van der Waals surface area contributed by atoms with E-state index in [1.165, 1.54) is 0 Å². The van der Waals surface area contributed by atoms with Gasteiger partial charge >= 0.3 is 0 Å². The highest BCUT2D eigenvalue weighted by Crippen LogP contribution is 2.06. The molecule has 0 aliphatic carbocycles. The summed E-state index contributed by atoms with van der Waals surface area (Å²) in [5.74, 6) is 1.57. The first-order valence-electron chi connectivity index (χ1n) is 6.27. The summed E-state index contributed by atoms with van der Waals surface area (Å²) in [6.45, 7) is 5.79. The van der Waals surface area contributed by atoms with Gasteiger partial charge in [0.15, 0.2) is 0 Å². The first-order chi connectivity index (χ1) is 8.53. The smallest absolute Gasteiger partial charge is 0.212 e. The zero-order valence-corrected chi connectivity index (χ0v) is 11.8. The van der Waals surface area contributed by atoms with Crippen LogP contribution in [0.5, 0.6) is 0 Å². The van der Waals surface area contributed by atoms with Gasteiger partial charge in [-0.2, -0.15) is 0 Å². The van der Waals surface area contributed by atoms with E-state index in [1.54, 1.807) is 6.07 Å². The van der Waals surface area contributed by atoms with Crippen molar-refractivity contribution in [1.29, 1.82) is 0 Å². The third-order valence-electron chi connectivity index (χ3n) is 2.46. The second-order valence-electron chi connectivity index (χ2n) is 4.26. The maximum atomic E-state index is 11.7. The molecule has 2 N–H and O–H groups in total. The molecular weight excluding hydrogens is 252 g/mol. The molecule has 6 heteroatoms. The second-order valence-corrected chi connectivity index (χ2v) is 6.18. The summed E-state index contributed by atoms with van der Waals surface area (Å²) in [5, 5.41) is 3.17. The lowest BCUT2D eigenvalue weighted by molar-refractivity contribution is 0.475. The van der Waals surface area contributed by atoms with E-state index >= 15 is 0 Å². The van der Waals surface area contributed by atoms with Gasteiger partial charge < -0.3 is 9.73 Å². The quantitative estimate of drug-likeness (QED) is 0.668. The summed E-state index contributed by atoms with van der Waals surface area (Å²) in [4.78, 5) is 0. The van der Waals surface area contributed by atoms with Crippen molar-refractivity contribution in [2.45, 2.75) is 33.2 Å². The Bertz CT molecular complexity index is 440. The van der Waals surface area contributed by atoms with Crippen LogP contribution in [0.2, 0.25) is 0 Å². The number of nitrogens with one attached hydrogen (secondary N) is 2. The summed E-state index contributed by atoms with van der Waals surface area (Å²) >= 11 is 0. The third-order valence-corrected chi connectivity index (χ3v) is 3.87. The van der Waals surface area contributed by atoms with Gasteiger partial charge in [-0.15, -0.1) is 0 Å². The average Bonchev–Trinajstić information content (AvgIpc) is 2.73. The molecule has 0 aliphatic rings. The Balaban J connectivity index is 2.23. The van der Waals surface area contributed by atoms with Crippen molar-refractivity contribution in [1.82, 2.24) is 10.0 Å². The van der Waals surface area contributed by atoms with Crippen LogP contribution in [0.15, 0.2) is 16.5 Å². The molecule has 104 valence electrons. The maximum absolute atomic E-state index is 11.7. The lowest BCUT2D eigenvalue weighted by Crippen LogP contribution is -2.28. The topological polar surface area (TPSA) is 71.3 Å². The van der Waals surface area contributed by atoms with Crippen LogP contribution in [0.1, 0.15) is 31.3 Å². The fourth-order valence-electron chi connectivity index (χ4n) is 1.52. The number of rotatable bonds is 9. The van der Waals surface area contributed by atoms with Gasteiger partial charge in [0.05, 0.1) is 12.3 Å².